The van der Waals surface area contributed by atoms with Gasteiger partial charge in [0.15, 0.2) is 0 Å². The normalized spacial score (nSPS) is 9.55. The summed E-state index contributed by atoms with van der Waals surface area (Å²) in [4.78, 5) is 17.1. The molecule has 0 aliphatic rings. The van der Waals surface area contributed by atoms with Gasteiger partial charge in [0.1, 0.15) is 0 Å². The fraction of sp³-hybridized carbons (Fsp3) is 0.333. The van der Waals surface area contributed by atoms with Crippen LogP contribution >= 0.6 is 11.6 Å². The van der Waals surface area contributed by atoms with E-state index in [1.807, 2.05) is 0 Å². The third-order valence-electron chi connectivity index (χ3n) is 0.982. The number of hydrogen-bond acceptors (Lipinski definition) is 3. The Hall–Kier alpha value is -1.03. The Morgan fingerprint density at radius 2 is 2.64 bits per heavy atom. The van der Waals surface area contributed by atoms with Crippen LogP contribution in [0.15, 0.2) is 12.4 Å². The molecule has 0 saturated heterocycles. The molecule has 0 radical (unpaired) electrons. The van der Waals surface area contributed by atoms with Crippen LogP contribution in [0.25, 0.3) is 0 Å². The lowest BCUT2D eigenvalue weighted by Crippen LogP contribution is -2.08. The molecule has 0 aliphatic heterocycles. The van der Waals surface area contributed by atoms with Crippen molar-refractivity contribution in [1.29, 1.82) is 0 Å². The number of ether oxygens (including phenoxy) is 1. The summed E-state index contributed by atoms with van der Waals surface area (Å²) in [5.74, 6) is -0.116. The van der Waals surface area contributed by atoms with Crippen molar-refractivity contribution >= 4 is 17.6 Å². The summed E-state index contributed by atoms with van der Waals surface area (Å²) in [6, 6.07) is 0.208. The quantitative estimate of drug-likeness (QED) is 0.548. The van der Waals surface area contributed by atoms with Crippen LogP contribution in [0.1, 0.15) is 6.42 Å². The van der Waals surface area contributed by atoms with Crippen LogP contribution < -0.4 is 4.74 Å². The molecule has 0 spiro atoms. The molecule has 0 amide bonds. The second-order valence-corrected chi connectivity index (χ2v) is 2.19. The van der Waals surface area contributed by atoms with E-state index in [2.05, 4.69) is 9.97 Å². The number of alkyl halides is 1. The highest BCUT2D eigenvalue weighted by molar-refractivity contribution is 6.18. The van der Waals surface area contributed by atoms with Gasteiger partial charge in [0.25, 0.3) is 0 Å². The Bertz CT molecular complexity index is 222. The van der Waals surface area contributed by atoms with Crippen molar-refractivity contribution in [3.05, 3.63) is 12.4 Å². The predicted octanol–water partition coefficient (Wildman–Crippen LogP) is 0.944. The summed E-state index contributed by atoms with van der Waals surface area (Å²) < 4.78 is 4.70. The summed E-state index contributed by atoms with van der Waals surface area (Å²) >= 11 is 5.31. The SMILES string of the molecule is O=C(CCCl)Oc1ncc[nH]1. The lowest BCUT2D eigenvalue weighted by molar-refractivity contribution is -0.134. The van der Waals surface area contributed by atoms with Gasteiger partial charge in [-0.1, -0.05) is 0 Å². The molecule has 1 heterocycles. The standard InChI is InChI=1S/C6H7ClN2O2/c7-2-1-5(10)11-6-8-3-4-9-6/h3-4H,1-2H2,(H,8,9). The molecule has 1 rings (SSSR count). The highest BCUT2D eigenvalue weighted by Crippen LogP contribution is 2.00. The maximum Gasteiger partial charge on any atom is 0.314 e. The number of nitrogens with one attached hydrogen (secondary N) is 1. The van der Waals surface area contributed by atoms with E-state index in [9.17, 15) is 4.79 Å². The molecule has 5 heteroatoms. The summed E-state index contributed by atoms with van der Waals surface area (Å²) in [6.45, 7) is 0. The molecule has 1 aromatic rings. The topological polar surface area (TPSA) is 55.0 Å². The van der Waals surface area contributed by atoms with E-state index in [1.54, 1.807) is 6.20 Å². The van der Waals surface area contributed by atoms with E-state index in [4.69, 9.17) is 16.3 Å². The Balaban J connectivity index is 2.37. The minimum Gasteiger partial charge on any atom is -0.392 e. The third kappa shape index (κ3) is 2.59. The van der Waals surface area contributed by atoms with Gasteiger partial charge in [-0.3, -0.25) is 4.79 Å². The number of aromatic amines is 1. The van der Waals surface area contributed by atoms with E-state index in [-0.39, 0.29) is 24.3 Å². The second-order valence-electron chi connectivity index (χ2n) is 1.81. The van der Waals surface area contributed by atoms with Crippen molar-refractivity contribution in [1.82, 2.24) is 9.97 Å². The molecule has 4 nitrogen and oxygen atoms in total. The fourth-order valence-corrected chi connectivity index (χ4v) is 0.697. The summed E-state index contributed by atoms with van der Waals surface area (Å²) in [6.07, 6.45) is 3.27. The lowest BCUT2D eigenvalue weighted by Gasteiger charge is -1.96. The van der Waals surface area contributed by atoms with Gasteiger partial charge in [-0.15, -0.1) is 11.6 Å². The van der Waals surface area contributed by atoms with Crippen molar-refractivity contribution < 1.29 is 9.53 Å². The molecule has 1 aromatic heterocycles. The first-order valence-electron chi connectivity index (χ1n) is 3.09. The van der Waals surface area contributed by atoms with Gasteiger partial charge in [0.2, 0.25) is 0 Å². The highest BCUT2D eigenvalue weighted by Gasteiger charge is 2.03. The number of carbonyl (C=O) groups is 1. The number of halogens is 1. The molecule has 0 fully saturated rings. The highest BCUT2D eigenvalue weighted by atomic mass is 35.5. The van der Waals surface area contributed by atoms with Crippen LogP contribution in [0.5, 0.6) is 6.01 Å². The maximum absolute atomic E-state index is 10.7. The molecular weight excluding hydrogens is 168 g/mol. The molecule has 0 saturated carbocycles. The van der Waals surface area contributed by atoms with Gasteiger partial charge in [0.05, 0.1) is 6.42 Å². The van der Waals surface area contributed by atoms with Crippen molar-refractivity contribution in [3.63, 3.8) is 0 Å². The predicted molar refractivity (Wildman–Crippen MR) is 39.6 cm³/mol. The van der Waals surface area contributed by atoms with Gasteiger partial charge < -0.3 is 9.72 Å². The largest absolute Gasteiger partial charge is 0.392 e. The van der Waals surface area contributed by atoms with Crippen LogP contribution in [0.2, 0.25) is 0 Å². The van der Waals surface area contributed by atoms with E-state index < -0.39 is 0 Å². The van der Waals surface area contributed by atoms with Crippen molar-refractivity contribution in [3.8, 4) is 6.01 Å². The van der Waals surface area contributed by atoms with Crippen LogP contribution in [-0.4, -0.2) is 21.8 Å². The first-order chi connectivity index (χ1) is 5.33. The van der Waals surface area contributed by atoms with Gasteiger partial charge >= 0.3 is 12.0 Å². The van der Waals surface area contributed by atoms with E-state index in [0.717, 1.165) is 0 Å². The monoisotopic (exact) mass is 174 g/mol. The Morgan fingerprint density at radius 3 is 3.18 bits per heavy atom. The Morgan fingerprint density at radius 1 is 1.82 bits per heavy atom. The van der Waals surface area contributed by atoms with Crippen LogP contribution in [0.4, 0.5) is 0 Å². The average Bonchev–Trinajstić information content (AvgIpc) is 2.40. The Kier molecular flexibility index (Phi) is 2.92. The first-order valence-corrected chi connectivity index (χ1v) is 3.62. The van der Waals surface area contributed by atoms with Crippen molar-refractivity contribution in [2.24, 2.45) is 0 Å². The second kappa shape index (κ2) is 3.98. The number of rotatable bonds is 3. The minimum atomic E-state index is -0.380. The van der Waals surface area contributed by atoms with Crippen molar-refractivity contribution in [2.45, 2.75) is 6.42 Å². The summed E-state index contributed by atoms with van der Waals surface area (Å²) in [5, 5.41) is 0. The number of nitrogens with zero attached hydrogens (tertiary/aromatic N) is 1. The zero-order valence-corrected chi connectivity index (χ0v) is 6.47. The van der Waals surface area contributed by atoms with Gasteiger partial charge in [-0.2, -0.15) is 0 Å². The number of esters is 1. The molecule has 0 atom stereocenters. The molecule has 0 unspecified atom stereocenters. The molecule has 1 N–H and O–H groups in total. The van der Waals surface area contributed by atoms with Gasteiger partial charge in [0, 0.05) is 18.3 Å². The number of hydrogen-bond donors (Lipinski definition) is 1. The maximum atomic E-state index is 10.7. The van der Waals surface area contributed by atoms with Gasteiger partial charge in [-0.05, 0) is 0 Å². The van der Waals surface area contributed by atoms with Crippen molar-refractivity contribution in [2.75, 3.05) is 5.88 Å². The number of aromatic nitrogens is 2. The molecular formula is C6H7ClN2O2. The fourth-order valence-electron chi connectivity index (χ4n) is 0.543. The summed E-state index contributed by atoms with van der Waals surface area (Å²) in [5.41, 5.74) is 0. The molecule has 11 heavy (non-hydrogen) atoms. The van der Waals surface area contributed by atoms with E-state index in [1.165, 1.54) is 6.20 Å². The smallest absolute Gasteiger partial charge is 0.314 e. The van der Waals surface area contributed by atoms with Crippen LogP contribution in [-0.2, 0) is 4.79 Å². The third-order valence-corrected chi connectivity index (χ3v) is 1.17. The number of carbonyl (C=O) groups excluding carboxylic acids is 1. The van der Waals surface area contributed by atoms with Crippen LogP contribution in [0.3, 0.4) is 0 Å². The van der Waals surface area contributed by atoms with E-state index >= 15 is 0 Å². The minimum absolute atomic E-state index is 0.197. The molecule has 0 aliphatic carbocycles. The van der Waals surface area contributed by atoms with Gasteiger partial charge in [-0.25, -0.2) is 4.98 Å². The number of H-pyrrole nitrogens is 1. The Labute approximate surface area is 68.5 Å². The van der Waals surface area contributed by atoms with Crippen LogP contribution in [0, 0.1) is 0 Å². The summed E-state index contributed by atoms with van der Waals surface area (Å²) in [7, 11) is 0. The average molecular weight is 175 g/mol. The lowest BCUT2D eigenvalue weighted by atomic mass is 10.5. The van der Waals surface area contributed by atoms with E-state index in [0.29, 0.717) is 0 Å². The molecule has 60 valence electrons. The zero-order chi connectivity index (χ0) is 8.10. The zero-order valence-electron chi connectivity index (χ0n) is 5.71. The molecule has 0 bridgehead atoms. The first kappa shape index (κ1) is 8.07. The molecule has 0 aromatic carbocycles. The number of imidazole rings is 1.